The van der Waals surface area contributed by atoms with Crippen LogP contribution in [0.5, 0.6) is 23.0 Å². The van der Waals surface area contributed by atoms with Gasteiger partial charge in [-0.2, -0.15) is 0 Å². The summed E-state index contributed by atoms with van der Waals surface area (Å²) in [5.74, 6) is 2.87. The number of benzene rings is 9. The summed E-state index contributed by atoms with van der Waals surface area (Å²) in [7, 11) is -2.73. The lowest BCUT2D eigenvalue weighted by molar-refractivity contribution is -0.0245. The molecule has 0 bridgehead atoms. The Hall–Kier alpha value is -7.72. The summed E-state index contributed by atoms with van der Waals surface area (Å²) in [4.78, 5) is 0. The molecule has 0 radical (unpaired) electrons. The van der Waals surface area contributed by atoms with Gasteiger partial charge >= 0.3 is 0 Å². The first-order valence-electron chi connectivity index (χ1n) is 27.1. The van der Waals surface area contributed by atoms with E-state index in [-0.39, 0.29) is 17.1 Å². The predicted molar refractivity (Wildman–Crippen MR) is 316 cm³/mol. The lowest BCUT2D eigenvalue weighted by Crippen LogP contribution is -2.66. The maximum absolute atomic E-state index is 7.33. The van der Waals surface area contributed by atoms with Gasteiger partial charge in [-0.1, -0.05) is 227 Å². The number of hydrogen-bond acceptors (Lipinski definition) is 7. The molecule has 9 aromatic rings. The molecular weight excluding hydrogens is 981 g/mol. The van der Waals surface area contributed by atoms with Crippen molar-refractivity contribution >= 4 is 18.7 Å². The van der Waals surface area contributed by atoms with Crippen molar-refractivity contribution in [1.82, 2.24) is 0 Å². The van der Waals surface area contributed by atoms with Crippen molar-refractivity contribution in [2.75, 3.05) is 6.61 Å². The maximum atomic E-state index is 7.33. The second-order valence-electron chi connectivity index (χ2n) is 21.0. The zero-order valence-corrected chi connectivity index (χ0v) is 46.5. The minimum atomic E-state index is -2.73. The van der Waals surface area contributed by atoms with Crippen molar-refractivity contribution in [2.24, 2.45) is 5.92 Å². The monoisotopic (exact) mass is 1050 g/mol. The molecule has 8 heteroatoms. The van der Waals surface area contributed by atoms with E-state index in [0.717, 1.165) is 68.4 Å². The molecule has 0 amide bonds. The van der Waals surface area contributed by atoms with Gasteiger partial charge in [0.15, 0.2) is 0 Å². The summed E-state index contributed by atoms with van der Waals surface area (Å²) in [6, 6.07) is 83.4. The largest absolute Gasteiger partial charge is 0.489 e. The average molecular weight is 1050 g/mol. The molecule has 0 aliphatic carbocycles. The molecule has 0 fully saturated rings. The van der Waals surface area contributed by atoms with E-state index in [0.29, 0.717) is 52.9 Å². The van der Waals surface area contributed by atoms with E-state index in [1.807, 2.05) is 97.1 Å². The van der Waals surface area contributed by atoms with Crippen molar-refractivity contribution in [2.45, 2.75) is 91.5 Å². The third-order valence-corrected chi connectivity index (χ3v) is 19.0. The van der Waals surface area contributed by atoms with Gasteiger partial charge in [0.05, 0.1) is 32.5 Å². The molecule has 0 spiro atoms. The van der Waals surface area contributed by atoms with Gasteiger partial charge in [-0.15, -0.1) is 0 Å². The molecule has 9 aromatic carbocycles. The Morgan fingerprint density at radius 2 is 0.679 bits per heavy atom. The van der Waals surface area contributed by atoms with E-state index in [4.69, 9.17) is 32.8 Å². The fraction of sp³-hybridized carbons (Fsp3) is 0.229. The molecule has 7 nitrogen and oxygen atoms in total. The summed E-state index contributed by atoms with van der Waals surface area (Å²) in [6.07, 6.45) is 0.532. The van der Waals surface area contributed by atoms with Crippen molar-refractivity contribution < 1.29 is 32.8 Å². The van der Waals surface area contributed by atoms with Crippen LogP contribution in [-0.4, -0.2) is 21.0 Å². The van der Waals surface area contributed by atoms with Crippen LogP contribution in [-0.2, 0) is 66.6 Å². The van der Waals surface area contributed by atoms with Gasteiger partial charge < -0.3 is 32.8 Å². The number of rotatable bonds is 27. The Morgan fingerprint density at radius 3 is 1.05 bits per heavy atom. The maximum Gasteiger partial charge on any atom is 0.261 e. The molecule has 9 rings (SSSR count). The van der Waals surface area contributed by atoms with Crippen LogP contribution in [0.1, 0.15) is 72.2 Å². The van der Waals surface area contributed by atoms with Gasteiger partial charge in [0, 0.05) is 18.1 Å². The van der Waals surface area contributed by atoms with Gasteiger partial charge in [-0.25, -0.2) is 0 Å². The van der Waals surface area contributed by atoms with E-state index >= 15 is 0 Å². The molecule has 2 atom stereocenters. The second kappa shape index (κ2) is 27.5. The van der Waals surface area contributed by atoms with Crippen LogP contribution in [0, 0.1) is 5.92 Å². The molecule has 78 heavy (non-hydrogen) atoms. The predicted octanol–water partition coefficient (Wildman–Crippen LogP) is 15.1. The third-order valence-electron chi connectivity index (χ3n) is 14.0. The highest BCUT2D eigenvalue weighted by atomic mass is 28.4. The van der Waals surface area contributed by atoms with E-state index in [2.05, 4.69) is 173 Å². The van der Waals surface area contributed by atoms with Crippen molar-refractivity contribution in [3.05, 3.63) is 287 Å². The fourth-order valence-electron chi connectivity index (χ4n) is 9.80. The van der Waals surface area contributed by atoms with Crippen LogP contribution >= 0.6 is 0 Å². The highest BCUT2D eigenvalue weighted by Gasteiger charge is 2.50. The van der Waals surface area contributed by atoms with Gasteiger partial charge in [0.1, 0.15) is 49.4 Å². The van der Waals surface area contributed by atoms with Crippen LogP contribution in [0.15, 0.2) is 243 Å². The lowest BCUT2D eigenvalue weighted by Gasteiger charge is -2.43. The van der Waals surface area contributed by atoms with E-state index in [9.17, 15) is 0 Å². The van der Waals surface area contributed by atoms with Gasteiger partial charge in [0.25, 0.3) is 8.32 Å². The molecule has 0 heterocycles. The normalized spacial score (nSPS) is 12.4. The zero-order valence-electron chi connectivity index (χ0n) is 45.5. The Labute approximate surface area is 463 Å². The highest BCUT2D eigenvalue weighted by molar-refractivity contribution is 6.99. The first-order valence-corrected chi connectivity index (χ1v) is 29.0. The summed E-state index contributed by atoms with van der Waals surface area (Å²) >= 11 is 0. The standard InChI is InChI=1S/C70H72O7Si/c1-54(72-51-62-42-66(75-49-58-27-15-7-16-28-58)45-67(43-62)76-50-59-29-17-8-18-30-59)63(53-71-46-61-40-64(73-47-56-23-11-5-12-24-56)44-65(41-61)74-48-57-25-13-6-14-26-57)39-55-35-37-60(38-36-55)52-77-78(70(2,3)4,68-31-19-9-20-32-68)69-33-21-10-22-34-69/h5-38,40-45,54,63H,39,46-53H2,1-4H3/t54-,63+/m1/s1. The SMILES string of the molecule is C[C@@H](OCc1cc(OCc2ccccc2)cc(OCc2ccccc2)c1)[C@H](COCc1cc(OCc2ccccc2)cc(OCc2ccccc2)c1)Cc1ccc(CO[Si](c2ccccc2)(c2ccccc2)C(C)(C)C)cc1. The summed E-state index contributed by atoms with van der Waals surface area (Å²) in [5.41, 5.74) is 8.58. The topological polar surface area (TPSA) is 64.6 Å². The minimum absolute atomic E-state index is 0.0122. The molecule has 0 aliphatic heterocycles. The molecule has 398 valence electrons. The summed E-state index contributed by atoms with van der Waals surface area (Å²) in [5, 5.41) is 2.41. The summed E-state index contributed by atoms with van der Waals surface area (Å²) < 4.78 is 46.4. The molecule has 0 aliphatic rings. The Bertz CT molecular complexity index is 3010. The van der Waals surface area contributed by atoms with Crippen molar-refractivity contribution in [3.63, 3.8) is 0 Å². The van der Waals surface area contributed by atoms with Crippen LogP contribution in [0.4, 0.5) is 0 Å². The smallest absolute Gasteiger partial charge is 0.261 e. The van der Waals surface area contributed by atoms with Crippen molar-refractivity contribution in [1.29, 1.82) is 0 Å². The van der Waals surface area contributed by atoms with Gasteiger partial charge in [-0.05, 0) is 97.5 Å². The summed E-state index contributed by atoms with van der Waals surface area (Å²) in [6.45, 7) is 12.5. The van der Waals surface area contributed by atoms with E-state index in [1.165, 1.54) is 15.9 Å². The Balaban J connectivity index is 0.939. The molecule has 0 unspecified atom stereocenters. The highest BCUT2D eigenvalue weighted by Crippen LogP contribution is 2.38. The zero-order chi connectivity index (χ0) is 53.8. The number of ether oxygens (including phenoxy) is 6. The Kier molecular flexibility index (Phi) is 19.4. The Morgan fingerprint density at radius 1 is 0.346 bits per heavy atom. The molecule has 0 saturated carbocycles. The lowest BCUT2D eigenvalue weighted by atomic mass is 9.94. The van der Waals surface area contributed by atoms with Crippen LogP contribution in [0.2, 0.25) is 5.04 Å². The third kappa shape index (κ3) is 15.7. The van der Waals surface area contributed by atoms with Crippen LogP contribution < -0.4 is 29.3 Å². The molecule has 0 aromatic heterocycles. The molecular formula is C70H72O7Si. The number of hydrogen-bond donors (Lipinski definition) is 0. The molecule has 0 N–H and O–H groups in total. The molecule has 0 saturated heterocycles. The minimum Gasteiger partial charge on any atom is -0.489 e. The van der Waals surface area contributed by atoms with Crippen molar-refractivity contribution in [3.8, 4) is 23.0 Å². The second-order valence-corrected chi connectivity index (χ2v) is 25.3. The van der Waals surface area contributed by atoms with Crippen LogP contribution in [0.3, 0.4) is 0 Å². The first kappa shape index (κ1) is 55.0. The van der Waals surface area contributed by atoms with Crippen LogP contribution in [0.25, 0.3) is 0 Å². The van der Waals surface area contributed by atoms with E-state index < -0.39 is 8.32 Å². The quantitative estimate of drug-likeness (QED) is 0.0476. The first-order chi connectivity index (χ1) is 38.1. The van der Waals surface area contributed by atoms with E-state index in [1.54, 1.807) is 0 Å². The van der Waals surface area contributed by atoms with Gasteiger partial charge in [0.2, 0.25) is 0 Å². The van der Waals surface area contributed by atoms with Gasteiger partial charge in [-0.3, -0.25) is 0 Å². The average Bonchev–Trinajstić information content (AvgIpc) is 3.60. The fourth-order valence-corrected chi connectivity index (χ4v) is 14.3.